The van der Waals surface area contributed by atoms with E-state index in [1.54, 1.807) is 17.7 Å². The van der Waals surface area contributed by atoms with E-state index in [-0.39, 0.29) is 22.1 Å². The molecule has 6 rings (SSSR count). The van der Waals surface area contributed by atoms with Crippen molar-refractivity contribution >= 4 is 50.1 Å². The first-order valence-corrected chi connectivity index (χ1v) is 16.2. The van der Waals surface area contributed by atoms with Gasteiger partial charge in [-0.15, -0.1) is 0 Å². The van der Waals surface area contributed by atoms with Crippen LogP contribution in [0.4, 0.5) is 11.6 Å². The molecule has 0 radical (unpaired) electrons. The quantitative estimate of drug-likeness (QED) is 0.296. The Balaban J connectivity index is 1.33. The lowest BCUT2D eigenvalue weighted by molar-refractivity contribution is 0.0977. The number of piperidine rings is 1. The lowest BCUT2D eigenvalue weighted by atomic mass is 10.0. The maximum absolute atomic E-state index is 13.7. The number of nitrogens with zero attached hydrogens (tertiary/aromatic N) is 5. The number of hydrogen-bond donors (Lipinski definition) is 2. The molecule has 1 amide bonds. The molecule has 4 heterocycles. The number of anilines is 2. The predicted octanol–water partition coefficient (Wildman–Crippen LogP) is 3.71. The van der Waals surface area contributed by atoms with Gasteiger partial charge in [0.15, 0.2) is 5.69 Å². The van der Waals surface area contributed by atoms with Crippen LogP contribution in [0.3, 0.4) is 0 Å². The number of aromatic nitrogens is 4. The average Bonchev–Trinajstić information content (AvgIpc) is 3.42. The molecular formula is C30H32ClN7O4S. The van der Waals surface area contributed by atoms with E-state index in [0.29, 0.717) is 34.6 Å². The molecule has 224 valence electrons. The van der Waals surface area contributed by atoms with Crippen molar-refractivity contribution in [1.29, 1.82) is 0 Å². The van der Waals surface area contributed by atoms with Crippen LogP contribution >= 0.6 is 11.6 Å². The SMILES string of the molecule is Cc1cc([C@@H](C)Nc2ccc(Cl)nc2C(=O)NS(C)(=O)=O)c2nc(N3C[C@@H]4C(c5cccnc5C)[C@@H]4C3)n(C)c(=O)c2c1. The zero-order chi connectivity index (χ0) is 30.8. The summed E-state index contributed by atoms with van der Waals surface area (Å²) < 4.78 is 27.0. The van der Waals surface area contributed by atoms with Crippen LogP contribution in [0, 0.1) is 25.7 Å². The number of carbonyl (C=O) groups is 1. The van der Waals surface area contributed by atoms with E-state index in [9.17, 15) is 18.0 Å². The Bertz CT molecular complexity index is 1950. The molecule has 2 fully saturated rings. The van der Waals surface area contributed by atoms with Gasteiger partial charge in [-0.1, -0.05) is 23.7 Å². The van der Waals surface area contributed by atoms with Crippen LogP contribution in [-0.2, 0) is 17.1 Å². The summed E-state index contributed by atoms with van der Waals surface area (Å²) in [6, 6.07) is 10.6. The summed E-state index contributed by atoms with van der Waals surface area (Å²) in [5, 5.41) is 3.79. The molecule has 0 spiro atoms. The van der Waals surface area contributed by atoms with Crippen molar-refractivity contribution in [3.63, 3.8) is 0 Å². The predicted molar refractivity (Wildman–Crippen MR) is 166 cm³/mol. The van der Waals surface area contributed by atoms with Gasteiger partial charge in [0.05, 0.1) is 28.9 Å². The van der Waals surface area contributed by atoms with Crippen LogP contribution in [-0.4, -0.2) is 53.2 Å². The number of carbonyl (C=O) groups excluding carboxylic acids is 1. The van der Waals surface area contributed by atoms with E-state index in [1.165, 1.54) is 11.6 Å². The van der Waals surface area contributed by atoms with Crippen molar-refractivity contribution in [2.45, 2.75) is 32.7 Å². The van der Waals surface area contributed by atoms with E-state index in [2.05, 4.69) is 33.2 Å². The number of rotatable bonds is 7. The first kappa shape index (κ1) is 29.1. The van der Waals surface area contributed by atoms with E-state index in [0.717, 1.165) is 36.2 Å². The minimum absolute atomic E-state index is 0.0391. The van der Waals surface area contributed by atoms with Gasteiger partial charge in [0.1, 0.15) is 5.15 Å². The van der Waals surface area contributed by atoms with Gasteiger partial charge < -0.3 is 10.2 Å². The fourth-order valence-corrected chi connectivity index (χ4v) is 6.99. The number of hydrogen-bond acceptors (Lipinski definition) is 9. The number of nitrogens with one attached hydrogen (secondary N) is 2. The number of aryl methyl sites for hydroxylation is 2. The average molecular weight is 622 g/mol. The standard InChI is InChI=1S/C30H32ClN7O4S/c1-15-11-19(17(3)33-23-8-9-24(31)34-27(23)28(39)36-43(5,41)42)26-20(12-15)29(40)37(4)30(35-26)38-13-21-22(14-38)25(21)18-7-6-10-32-16(18)2/h6-12,17,21-22,25,33H,13-14H2,1-5H3,(H,36,39)/t17-,21-,22+,25?/m1/s1. The molecule has 4 atom stereocenters. The zero-order valence-corrected chi connectivity index (χ0v) is 26.0. The number of sulfonamides is 1. The molecular weight excluding hydrogens is 590 g/mol. The molecule has 2 aliphatic rings. The minimum Gasteiger partial charge on any atom is -0.377 e. The molecule has 1 saturated carbocycles. The van der Waals surface area contributed by atoms with Crippen LogP contribution in [0.25, 0.3) is 10.9 Å². The number of pyridine rings is 2. The highest BCUT2D eigenvalue weighted by Gasteiger charge is 2.57. The van der Waals surface area contributed by atoms with Gasteiger partial charge in [0.25, 0.3) is 11.5 Å². The third-order valence-corrected chi connectivity index (χ3v) is 9.17. The minimum atomic E-state index is -3.83. The Morgan fingerprint density at radius 1 is 1.12 bits per heavy atom. The van der Waals surface area contributed by atoms with Gasteiger partial charge >= 0.3 is 0 Å². The van der Waals surface area contributed by atoms with Crippen molar-refractivity contribution < 1.29 is 13.2 Å². The lowest BCUT2D eigenvalue weighted by Crippen LogP contribution is -2.32. The van der Waals surface area contributed by atoms with E-state index in [4.69, 9.17) is 16.6 Å². The smallest absolute Gasteiger partial charge is 0.285 e. The number of amides is 1. The lowest BCUT2D eigenvalue weighted by Gasteiger charge is -2.25. The molecule has 4 aromatic rings. The Morgan fingerprint density at radius 2 is 1.84 bits per heavy atom. The van der Waals surface area contributed by atoms with Crippen LogP contribution in [0.1, 0.15) is 51.8 Å². The molecule has 2 N–H and O–H groups in total. The molecule has 1 saturated heterocycles. The maximum atomic E-state index is 13.7. The molecule has 1 unspecified atom stereocenters. The van der Waals surface area contributed by atoms with Gasteiger partial charge in [-0.05, 0) is 73.9 Å². The molecule has 13 heteroatoms. The summed E-state index contributed by atoms with van der Waals surface area (Å²) in [6.45, 7) is 7.45. The number of fused-ring (bicyclic) bond motifs is 2. The molecule has 43 heavy (non-hydrogen) atoms. The fraction of sp³-hybridized carbons (Fsp3) is 0.367. The van der Waals surface area contributed by atoms with Crippen molar-refractivity contribution in [2.75, 3.05) is 29.6 Å². The summed E-state index contributed by atoms with van der Waals surface area (Å²) in [7, 11) is -2.07. The maximum Gasteiger partial charge on any atom is 0.285 e. The van der Waals surface area contributed by atoms with Crippen molar-refractivity contribution in [1.82, 2.24) is 24.2 Å². The first-order chi connectivity index (χ1) is 20.3. The largest absolute Gasteiger partial charge is 0.377 e. The van der Waals surface area contributed by atoms with Gasteiger partial charge in [0, 0.05) is 37.6 Å². The topological polar surface area (TPSA) is 139 Å². The molecule has 1 aliphatic heterocycles. The summed E-state index contributed by atoms with van der Waals surface area (Å²) in [5.74, 6) is 1.16. The van der Waals surface area contributed by atoms with E-state index >= 15 is 0 Å². The number of benzene rings is 1. The van der Waals surface area contributed by atoms with Crippen molar-refractivity contribution in [3.05, 3.63) is 86.2 Å². The molecule has 0 bridgehead atoms. The third-order valence-electron chi connectivity index (χ3n) is 8.41. The third kappa shape index (κ3) is 5.45. The Hall–Kier alpha value is -4.03. The summed E-state index contributed by atoms with van der Waals surface area (Å²) in [6.07, 6.45) is 2.71. The first-order valence-electron chi connectivity index (χ1n) is 14.0. The molecule has 1 aromatic carbocycles. The zero-order valence-electron chi connectivity index (χ0n) is 24.4. The van der Waals surface area contributed by atoms with Gasteiger partial charge in [-0.3, -0.25) is 19.1 Å². The molecule has 1 aliphatic carbocycles. The van der Waals surface area contributed by atoms with Crippen LogP contribution in [0.2, 0.25) is 5.15 Å². The monoisotopic (exact) mass is 621 g/mol. The highest BCUT2D eigenvalue weighted by molar-refractivity contribution is 7.89. The van der Waals surface area contributed by atoms with Crippen LogP contribution in [0.15, 0.2) is 47.4 Å². The summed E-state index contributed by atoms with van der Waals surface area (Å²) >= 11 is 6.04. The fourth-order valence-electron chi connectivity index (χ4n) is 6.41. The van der Waals surface area contributed by atoms with Crippen LogP contribution in [0.5, 0.6) is 0 Å². The highest BCUT2D eigenvalue weighted by atomic mass is 35.5. The summed E-state index contributed by atoms with van der Waals surface area (Å²) in [4.78, 5) is 42.2. The van der Waals surface area contributed by atoms with Gasteiger partial charge in [-0.2, -0.15) is 0 Å². The number of halogens is 1. The Kier molecular flexibility index (Phi) is 7.16. The van der Waals surface area contributed by atoms with E-state index < -0.39 is 22.0 Å². The second kappa shape index (κ2) is 10.6. The second-order valence-electron chi connectivity index (χ2n) is 11.6. The van der Waals surface area contributed by atoms with E-state index in [1.807, 2.05) is 43.0 Å². The molecule has 11 nitrogen and oxygen atoms in total. The van der Waals surface area contributed by atoms with Crippen molar-refractivity contribution in [2.24, 2.45) is 18.9 Å². The Morgan fingerprint density at radius 3 is 2.51 bits per heavy atom. The van der Waals surface area contributed by atoms with Crippen molar-refractivity contribution in [3.8, 4) is 0 Å². The van der Waals surface area contributed by atoms with Crippen LogP contribution < -0.4 is 20.5 Å². The molecule has 3 aromatic heterocycles. The summed E-state index contributed by atoms with van der Waals surface area (Å²) in [5.41, 5.74) is 4.55. The van der Waals surface area contributed by atoms with Gasteiger partial charge in [-0.25, -0.2) is 23.1 Å². The second-order valence-corrected chi connectivity index (χ2v) is 13.7. The normalized spacial score (nSPS) is 20.1. The van der Waals surface area contributed by atoms with Gasteiger partial charge in [0.2, 0.25) is 16.0 Å². The Labute approximate surface area is 254 Å². The highest BCUT2D eigenvalue weighted by Crippen LogP contribution is 2.59.